The molecule has 22 heavy (non-hydrogen) atoms. The average molecular weight is 315 g/mol. The van der Waals surface area contributed by atoms with Crippen molar-refractivity contribution < 1.29 is 33.0 Å². The zero-order chi connectivity index (χ0) is 16.2. The topological polar surface area (TPSA) is 84.9 Å². The van der Waals surface area contributed by atoms with Crippen LogP contribution in [0.5, 0.6) is 5.75 Å². The molecule has 0 aliphatic carbocycles. The number of amides is 1. The highest BCUT2D eigenvalue weighted by Gasteiger charge is 2.41. The molecule has 0 unspecified atom stereocenters. The van der Waals surface area contributed by atoms with E-state index >= 15 is 0 Å². The number of hydrogen-bond donors (Lipinski definition) is 2. The fourth-order valence-corrected chi connectivity index (χ4v) is 2.22. The maximum Gasteiger partial charge on any atom is 0.387 e. The Labute approximate surface area is 125 Å². The van der Waals surface area contributed by atoms with E-state index in [2.05, 4.69) is 10.1 Å². The highest BCUT2D eigenvalue weighted by atomic mass is 19.3. The molecule has 1 aliphatic rings. The number of carboxylic acids is 1. The van der Waals surface area contributed by atoms with Crippen LogP contribution in [0.4, 0.5) is 8.78 Å². The lowest BCUT2D eigenvalue weighted by Gasteiger charge is -2.33. The number of hydrogen-bond acceptors (Lipinski definition) is 4. The molecule has 2 rings (SSSR count). The van der Waals surface area contributed by atoms with Crippen molar-refractivity contribution >= 4 is 11.9 Å². The van der Waals surface area contributed by atoms with E-state index in [9.17, 15) is 23.5 Å². The molecule has 0 bridgehead atoms. The van der Waals surface area contributed by atoms with Crippen molar-refractivity contribution in [2.75, 3.05) is 13.2 Å². The molecule has 1 heterocycles. The zero-order valence-electron chi connectivity index (χ0n) is 11.6. The molecule has 0 aromatic heterocycles. The van der Waals surface area contributed by atoms with Crippen molar-refractivity contribution in [2.24, 2.45) is 0 Å². The number of nitrogens with one attached hydrogen (secondary N) is 1. The fraction of sp³-hybridized carbons (Fsp3) is 0.429. The van der Waals surface area contributed by atoms with Gasteiger partial charge in [0.25, 0.3) is 5.91 Å². The summed E-state index contributed by atoms with van der Waals surface area (Å²) in [6.07, 6.45) is 0.280. The van der Waals surface area contributed by atoms with Gasteiger partial charge in [-0.1, -0.05) is 6.07 Å². The molecule has 0 saturated carbocycles. The number of rotatable bonds is 5. The summed E-state index contributed by atoms with van der Waals surface area (Å²) in [4.78, 5) is 23.7. The highest BCUT2D eigenvalue weighted by Crippen LogP contribution is 2.23. The van der Waals surface area contributed by atoms with Gasteiger partial charge in [0.2, 0.25) is 0 Å². The molecule has 120 valence electrons. The maximum absolute atomic E-state index is 12.2. The first-order valence-corrected chi connectivity index (χ1v) is 6.61. The lowest BCUT2D eigenvalue weighted by Crippen LogP contribution is -2.57. The largest absolute Gasteiger partial charge is 0.480 e. The monoisotopic (exact) mass is 315 g/mol. The van der Waals surface area contributed by atoms with E-state index in [1.54, 1.807) is 0 Å². The molecule has 1 fully saturated rings. The Kier molecular flexibility index (Phi) is 4.92. The minimum absolute atomic E-state index is 0.0465. The number of carboxylic acid groups (broad SMARTS) is 1. The molecular weight excluding hydrogens is 300 g/mol. The molecule has 0 atom stereocenters. The molecule has 0 radical (unpaired) electrons. The van der Waals surface area contributed by atoms with Crippen LogP contribution in [-0.2, 0) is 9.53 Å². The third-order valence-electron chi connectivity index (χ3n) is 3.43. The van der Waals surface area contributed by atoms with Gasteiger partial charge in [-0.3, -0.25) is 4.79 Å². The van der Waals surface area contributed by atoms with E-state index in [-0.39, 0.29) is 37.4 Å². The van der Waals surface area contributed by atoms with Gasteiger partial charge in [-0.2, -0.15) is 8.78 Å². The van der Waals surface area contributed by atoms with E-state index in [0.29, 0.717) is 0 Å². The van der Waals surface area contributed by atoms with Crippen molar-refractivity contribution in [3.63, 3.8) is 0 Å². The van der Waals surface area contributed by atoms with Crippen molar-refractivity contribution in [1.82, 2.24) is 5.32 Å². The molecule has 2 N–H and O–H groups in total. The first-order valence-electron chi connectivity index (χ1n) is 6.61. The van der Waals surface area contributed by atoms with Crippen LogP contribution >= 0.6 is 0 Å². The summed E-state index contributed by atoms with van der Waals surface area (Å²) in [6.45, 7) is -2.55. The average Bonchev–Trinajstić information content (AvgIpc) is 2.47. The number of carbonyl (C=O) groups excluding carboxylic acids is 1. The van der Waals surface area contributed by atoms with Crippen LogP contribution in [0.3, 0.4) is 0 Å². The van der Waals surface area contributed by atoms with Crippen molar-refractivity contribution in [3.05, 3.63) is 29.8 Å². The molecule has 1 aliphatic heterocycles. The highest BCUT2D eigenvalue weighted by molar-refractivity contribution is 5.98. The molecule has 1 amide bonds. The molecule has 8 heteroatoms. The molecule has 1 aromatic rings. The van der Waals surface area contributed by atoms with Crippen molar-refractivity contribution in [2.45, 2.75) is 25.0 Å². The Morgan fingerprint density at radius 3 is 2.59 bits per heavy atom. The van der Waals surface area contributed by atoms with Crippen LogP contribution in [0.2, 0.25) is 0 Å². The standard InChI is InChI=1S/C14H15F2NO5/c15-13(16)22-10-3-1-2-9(8-10)11(18)17-14(12(19)20)4-6-21-7-5-14/h1-3,8,13H,4-7H2,(H,17,18)(H,19,20). The number of alkyl halides is 2. The Morgan fingerprint density at radius 1 is 1.32 bits per heavy atom. The first kappa shape index (κ1) is 16.2. The summed E-state index contributed by atoms with van der Waals surface area (Å²) < 4.78 is 33.7. The van der Waals surface area contributed by atoms with Gasteiger partial charge in [0.05, 0.1) is 0 Å². The van der Waals surface area contributed by atoms with Gasteiger partial charge in [-0.05, 0) is 18.2 Å². The van der Waals surface area contributed by atoms with Gasteiger partial charge < -0.3 is 19.9 Å². The Bertz CT molecular complexity index is 558. The molecule has 1 saturated heterocycles. The van der Waals surface area contributed by atoms with E-state index in [0.717, 1.165) is 6.07 Å². The second-order valence-corrected chi connectivity index (χ2v) is 4.86. The van der Waals surface area contributed by atoms with Crippen LogP contribution < -0.4 is 10.1 Å². The normalized spacial score (nSPS) is 17.0. The van der Waals surface area contributed by atoms with Gasteiger partial charge in [0, 0.05) is 31.6 Å². The SMILES string of the molecule is O=C(NC1(C(=O)O)CCOCC1)c1cccc(OC(F)F)c1. The Morgan fingerprint density at radius 2 is 2.00 bits per heavy atom. The van der Waals surface area contributed by atoms with Gasteiger partial charge in [-0.15, -0.1) is 0 Å². The summed E-state index contributed by atoms with van der Waals surface area (Å²) in [6, 6.07) is 5.19. The third-order valence-corrected chi connectivity index (χ3v) is 3.43. The number of halogens is 2. The third kappa shape index (κ3) is 3.70. The minimum atomic E-state index is -3.00. The predicted molar refractivity (Wildman–Crippen MR) is 71.0 cm³/mol. The lowest BCUT2D eigenvalue weighted by atomic mass is 9.89. The Balaban J connectivity index is 2.15. The van der Waals surface area contributed by atoms with E-state index < -0.39 is 24.0 Å². The first-order chi connectivity index (χ1) is 10.4. The molecule has 1 aromatic carbocycles. The number of carbonyl (C=O) groups is 2. The number of benzene rings is 1. The van der Waals surface area contributed by atoms with Crippen LogP contribution in [0.15, 0.2) is 24.3 Å². The summed E-state index contributed by atoms with van der Waals surface area (Å²) in [7, 11) is 0. The van der Waals surface area contributed by atoms with Crippen molar-refractivity contribution in [1.29, 1.82) is 0 Å². The smallest absolute Gasteiger partial charge is 0.387 e. The number of ether oxygens (including phenoxy) is 2. The van der Waals surface area contributed by atoms with Crippen LogP contribution in [0, 0.1) is 0 Å². The van der Waals surface area contributed by atoms with E-state index in [1.165, 1.54) is 18.2 Å². The van der Waals surface area contributed by atoms with Gasteiger partial charge in [-0.25, -0.2) is 4.79 Å². The molecular formula is C14H15F2NO5. The van der Waals surface area contributed by atoms with Gasteiger partial charge in [0.1, 0.15) is 11.3 Å². The quantitative estimate of drug-likeness (QED) is 0.863. The predicted octanol–water partition coefficient (Wildman–Crippen LogP) is 1.65. The minimum Gasteiger partial charge on any atom is -0.480 e. The fourth-order valence-electron chi connectivity index (χ4n) is 2.22. The summed E-state index contributed by atoms with van der Waals surface area (Å²) in [5.41, 5.74) is -1.36. The molecule has 0 spiro atoms. The van der Waals surface area contributed by atoms with Crippen LogP contribution in [-0.4, -0.2) is 42.3 Å². The summed E-state index contributed by atoms with van der Waals surface area (Å²) in [5, 5.41) is 11.8. The lowest BCUT2D eigenvalue weighted by molar-refractivity contribution is -0.148. The summed E-state index contributed by atoms with van der Waals surface area (Å²) >= 11 is 0. The van der Waals surface area contributed by atoms with Gasteiger partial charge in [0.15, 0.2) is 0 Å². The van der Waals surface area contributed by atoms with Crippen LogP contribution in [0.25, 0.3) is 0 Å². The van der Waals surface area contributed by atoms with Gasteiger partial charge >= 0.3 is 12.6 Å². The maximum atomic E-state index is 12.2. The summed E-state index contributed by atoms with van der Waals surface area (Å²) in [5.74, 6) is -1.98. The van der Waals surface area contributed by atoms with E-state index in [4.69, 9.17) is 4.74 Å². The second-order valence-electron chi connectivity index (χ2n) is 4.86. The van der Waals surface area contributed by atoms with Crippen LogP contribution in [0.1, 0.15) is 23.2 Å². The van der Waals surface area contributed by atoms with E-state index in [1.807, 2.05) is 0 Å². The van der Waals surface area contributed by atoms with Crippen molar-refractivity contribution in [3.8, 4) is 5.75 Å². The zero-order valence-corrected chi connectivity index (χ0v) is 11.6. The Hall–Kier alpha value is -2.22. The number of aliphatic carboxylic acids is 1. The second kappa shape index (κ2) is 6.69. The molecule has 6 nitrogen and oxygen atoms in total.